The monoisotopic (exact) mass is 488 g/mol. The van der Waals surface area contributed by atoms with Gasteiger partial charge in [-0.2, -0.15) is 0 Å². The van der Waals surface area contributed by atoms with E-state index in [1.807, 2.05) is 18.2 Å². The number of anilines is 5. The molecule has 0 radical (unpaired) electrons. The summed E-state index contributed by atoms with van der Waals surface area (Å²) in [6.07, 6.45) is 0. The van der Waals surface area contributed by atoms with E-state index in [4.69, 9.17) is 0 Å². The Morgan fingerprint density at radius 1 is 0.316 bits per heavy atom. The first kappa shape index (κ1) is 23.3. The molecule has 0 amide bonds. The number of rotatable bonds is 7. The van der Waals surface area contributed by atoms with Gasteiger partial charge < -0.3 is 10.2 Å². The lowest BCUT2D eigenvalue weighted by atomic mass is 10.0. The summed E-state index contributed by atoms with van der Waals surface area (Å²) >= 11 is 0. The second-order valence-electron chi connectivity index (χ2n) is 9.20. The second kappa shape index (κ2) is 10.9. The molecule has 0 aliphatic carbocycles. The molecule has 6 aromatic rings. The van der Waals surface area contributed by atoms with Gasteiger partial charge in [0.2, 0.25) is 0 Å². The molecule has 0 aliphatic rings. The van der Waals surface area contributed by atoms with Crippen LogP contribution >= 0.6 is 0 Å². The SMILES string of the molecule is c1ccc(Nc2ccc(N(c3ccc(-c4ccccc4)cc3)c3cccc(-c4ccccc4)c3)cc2)cc1. The van der Waals surface area contributed by atoms with Crippen molar-refractivity contribution < 1.29 is 0 Å². The van der Waals surface area contributed by atoms with Crippen molar-refractivity contribution in [1.29, 1.82) is 0 Å². The third-order valence-corrected chi connectivity index (χ3v) is 6.63. The minimum atomic E-state index is 1.05. The first-order valence-electron chi connectivity index (χ1n) is 12.9. The maximum absolute atomic E-state index is 3.49. The predicted molar refractivity (Wildman–Crippen MR) is 162 cm³/mol. The molecular formula is C36H28N2. The standard InChI is InChI=1S/C36H28N2/c1-4-11-28(12-5-1)30-19-23-34(24-20-30)38(36-18-10-15-31(27-36)29-13-6-2-7-14-29)35-25-21-33(22-26-35)37-32-16-8-3-9-17-32/h1-27,37H. The van der Waals surface area contributed by atoms with E-state index in [9.17, 15) is 0 Å². The van der Waals surface area contributed by atoms with E-state index in [0.29, 0.717) is 0 Å². The molecule has 0 spiro atoms. The van der Waals surface area contributed by atoms with Crippen LogP contribution in [0, 0.1) is 0 Å². The van der Waals surface area contributed by atoms with E-state index < -0.39 is 0 Å². The molecule has 0 aromatic heterocycles. The summed E-state index contributed by atoms with van der Waals surface area (Å²) in [4.78, 5) is 2.31. The number of para-hydroxylation sites is 1. The summed E-state index contributed by atoms with van der Waals surface area (Å²) in [5.41, 5.74) is 10.3. The van der Waals surface area contributed by atoms with Crippen molar-refractivity contribution in [2.75, 3.05) is 10.2 Å². The molecule has 182 valence electrons. The van der Waals surface area contributed by atoms with Crippen molar-refractivity contribution in [2.24, 2.45) is 0 Å². The molecular weight excluding hydrogens is 460 g/mol. The molecule has 0 aliphatic heterocycles. The van der Waals surface area contributed by atoms with E-state index in [1.54, 1.807) is 0 Å². The Bertz CT molecular complexity index is 1590. The zero-order valence-corrected chi connectivity index (χ0v) is 21.0. The van der Waals surface area contributed by atoms with Crippen molar-refractivity contribution in [3.8, 4) is 22.3 Å². The zero-order valence-electron chi connectivity index (χ0n) is 21.0. The average molecular weight is 489 g/mol. The second-order valence-corrected chi connectivity index (χ2v) is 9.20. The molecule has 38 heavy (non-hydrogen) atoms. The molecule has 6 rings (SSSR count). The molecule has 6 aromatic carbocycles. The lowest BCUT2D eigenvalue weighted by molar-refractivity contribution is 1.28. The number of hydrogen-bond acceptors (Lipinski definition) is 2. The van der Waals surface area contributed by atoms with E-state index >= 15 is 0 Å². The molecule has 0 unspecified atom stereocenters. The fraction of sp³-hybridized carbons (Fsp3) is 0. The van der Waals surface area contributed by atoms with Crippen LogP contribution in [0.2, 0.25) is 0 Å². The van der Waals surface area contributed by atoms with Crippen molar-refractivity contribution in [3.63, 3.8) is 0 Å². The van der Waals surface area contributed by atoms with Crippen LogP contribution in [-0.2, 0) is 0 Å². The third kappa shape index (κ3) is 5.21. The van der Waals surface area contributed by atoms with Crippen LogP contribution in [0.3, 0.4) is 0 Å². The highest BCUT2D eigenvalue weighted by Crippen LogP contribution is 2.38. The summed E-state index contributed by atoms with van der Waals surface area (Å²) in [6.45, 7) is 0. The first-order chi connectivity index (χ1) is 18.8. The maximum Gasteiger partial charge on any atom is 0.0467 e. The Labute approximate surface area is 224 Å². The van der Waals surface area contributed by atoms with E-state index in [1.165, 1.54) is 22.3 Å². The highest BCUT2D eigenvalue weighted by atomic mass is 15.1. The zero-order chi connectivity index (χ0) is 25.6. The van der Waals surface area contributed by atoms with Crippen molar-refractivity contribution in [1.82, 2.24) is 0 Å². The Kier molecular flexibility index (Phi) is 6.69. The minimum Gasteiger partial charge on any atom is -0.356 e. The lowest BCUT2D eigenvalue weighted by Gasteiger charge is -2.26. The number of nitrogens with one attached hydrogen (secondary N) is 1. The third-order valence-electron chi connectivity index (χ3n) is 6.63. The van der Waals surface area contributed by atoms with E-state index in [-0.39, 0.29) is 0 Å². The van der Waals surface area contributed by atoms with Crippen LogP contribution in [0.25, 0.3) is 22.3 Å². The summed E-state index contributed by atoms with van der Waals surface area (Å²) in [5.74, 6) is 0. The van der Waals surface area contributed by atoms with Crippen molar-refractivity contribution in [2.45, 2.75) is 0 Å². The summed E-state index contributed by atoms with van der Waals surface area (Å²) in [5, 5.41) is 3.49. The molecule has 0 fully saturated rings. The molecule has 0 heterocycles. The Hall–Kier alpha value is -5.08. The van der Waals surface area contributed by atoms with Gasteiger partial charge in [-0.05, 0) is 82.9 Å². The van der Waals surface area contributed by atoms with E-state index in [0.717, 1.165) is 28.4 Å². The number of hydrogen-bond donors (Lipinski definition) is 1. The van der Waals surface area contributed by atoms with Crippen LogP contribution in [-0.4, -0.2) is 0 Å². The quantitative estimate of drug-likeness (QED) is 0.240. The summed E-state index contributed by atoms with van der Waals surface area (Å²) in [7, 11) is 0. The topological polar surface area (TPSA) is 15.3 Å². The van der Waals surface area contributed by atoms with Crippen molar-refractivity contribution >= 4 is 28.4 Å². The van der Waals surface area contributed by atoms with Gasteiger partial charge in [-0.25, -0.2) is 0 Å². The van der Waals surface area contributed by atoms with Crippen LogP contribution < -0.4 is 10.2 Å². The Morgan fingerprint density at radius 3 is 1.37 bits per heavy atom. The van der Waals surface area contributed by atoms with Crippen LogP contribution in [0.4, 0.5) is 28.4 Å². The fourth-order valence-corrected chi connectivity index (χ4v) is 4.72. The minimum absolute atomic E-state index is 1.05. The summed E-state index contributed by atoms with van der Waals surface area (Å²) in [6, 6.07) is 57.4. The molecule has 0 saturated heterocycles. The molecule has 0 bridgehead atoms. The van der Waals surface area contributed by atoms with Crippen LogP contribution in [0.5, 0.6) is 0 Å². The van der Waals surface area contributed by atoms with Gasteiger partial charge in [0.15, 0.2) is 0 Å². The molecule has 2 nitrogen and oxygen atoms in total. The summed E-state index contributed by atoms with van der Waals surface area (Å²) < 4.78 is 0. The maximum atomic E-state index is 3.49. The van der Waals surface area contributed by atoms with Gasteiger partial charge in [-0.15, -0.1) is 0 Å². The molecule has 0 atom stereocenters. The Balaban J connectivity index is 1.38. The van der Waals surface area contributed by atoms with Gasteiger partial charge in [0.05, 0.1) is 0 Å². The normalized spacial score (nSPS) is 10.6. The fourth-order valence-electron chi connectivity index (χ4n) is 4.72. The van der Waals surface area contributed by atoms with Crippen LogP contribution in [0.15, 0.2) is 164 Å². The first-order valence-corrected chi connectivity index (χ1v) is 12.9. The molecule has 1 N–H and O–H groups in total. The van der Waals surface area contributed by atoms with Gasteiger partial charge in [-0.1, -0.05) is 103 Å². The van der Waals surface area contributed by atoms with E-state index in [2.05, 4.69) is 156 Å². The van der Waals surface area contributed by atoms with Gasteiger partial charge in [0.25, 0.3) is 0 Å². The van der Waals surface area contributed by atoms with Gasteiger partial charge >= 0.3 is 0 Å². The highest BCUT2D eigenvalue weighted by molar-refractivity contribution is 5.81. The number of benzene rings is 6. The van der Waals surface area contributed by atoms with Gasteiger partial charge in [0.1, 0.15) is 0 Å². The Morgan fingerprint density at radius 2 is 0.763 bits per heavy atom. The predicted octanol–water partition coefficient (Wildman–Crippen LogP) is 10.2. The smallest absolute Gasteiger partial charge is 0.0467 e. The number of nitrogens with zero attached hydrogens (tertiary/aromatic N) is 1. The van der Waals surface area contributed by atoms with Gasteiger partial charge in [0, 0.05) is 28.4 Å². The lowest BCUT2D eigenvalue weighted by Crippen LogP contribution is -2.10. The average Bonchev–Trinajstić information content (AvgIpc) is 3.00. The highest BCUT2D eigenvalue weighted by Gasteiger charge is 2.14. The van der Waals surface area contributed by atoms with Gasteiger partial charge in [-0.3, -0.25) is 0 Å². The van der Waals surface area contributed by atoms with Crippen LogP contribution in [0.1, 0.15) is 0 Å². The largest absolute Gasteiger partial charge is 0.356 e. The van der Waals surface area contributed by atoms with Crippen molar-refractivity contribution in [3.05, 3.63) is 164 Å². The molecule has 2 heteroatoms. The molecule has 0 saturated carbocycles.